The van der Waals surface area contributed by atoms with Gasteiger partial charge in [0.05, 0.1) is 6.10 Å². The van der Waals surface area contributed by atoms with Crippen LogP contribution in [0.15, 0.2) is 0 Å². The second-order valence-corrected chi connectivity index (χ2v) is 7.26. The molecule has 2 heteroatoms. The zero-order valence-corrected chi connectivity index (χ0v) is 13.7. The smallest absolute Gasteiger partial charge is 0.0569 e. The van der Waals surface area contributed by atoms with Crippen molar-refractivity contribution in [3.05, 3.63) is 0 Å². The predicted octanol–water partition coefficient (Wildman–Crippen LogP) is 4.36. The van der Waals surface area contributed by atoms with Gasteiger partial charge in [-0.15, -0.1) is 0 Å². The summed E-state index contributed by atoms with van der Waals surface area (Å²) in [5.74, 6) is 0.587. The Bertz CT molecular complexity index is 254. The van der Waals surface area contributed by atoms with Gasteiger partial charge in [0.1, 0.15) is 0 Å². The lowest BCUT2D eigenvalue weighted by Gasteiger charge is -2.38. The Kier molecular flexibility index (Phi) is 6.83. The maximum absolute atomic E-state index is 10.4. The highest BCUT2D eigenvalue weighted by atomic mass is 16.3. The molecule has 0 aliphatic carbocycles. The van der Waals surface area contributed by atoms with E-state index in [1.807, 2.05) is 0 Å². The van der Waals surface area contributed by atoms with Crippen molar-refractivity contribution in [2.75, 3.05) is 7.05 Å². The first kappa shape index (κ1) is 16.3. The van der Waals surface area contributed by atoms with Gasteiger partial charge in [-0.25, -0.2) is 0 Å². The van der Waals surface area contributed by atoms with Crippen molar-refractivity contribution in [2.24, 2.45) is 5.92 Å². The summed E-state index contributed by atoms with van der Waals surface area (Å²) in [5.41, 5.74) is 0. The van der Waals surface area contributed by atoms with Crippen LogP contribution in [0.2, 0.25) is 0 Å². The largest absolute Gasteiger partial charge is 0.393 e. The average Bonchev–Trinajstić information content (AvgIpc) is 2.68. The first-order valence-electron chi connectivity index (χ1n) is 9.12. The van der Waals surface area contributed by atoms with Crippen LogP contribution in [0.1, 0.15) is 84.0 Å². The number of rotatable bonds is 9. The number of fused-ring (bicyclic) bond motifs is 2. The molecule has 0 amide bonds. The summed E-state index contributed by atoms with van der Waals surface area (Å²) in [6.45, 7) is 2.27. The highest BCUT2D eigenvalue weighted by molar-refractivity contribution is 4.95. The molecule has 1 N–H and O–H groups in total. The second-order valence-electron chi connectivity index (χ2n) is 7.26. The third-order valence-corrected chi connectivity index (χ3v) is 5.78. The van der Waals surface area contributed by atoms with Gasteiger partial charge in [0.15, 0.2) is 0 Å². The van der Waals surface area contributed by atoms with Crippen LogP contribution in [0, 0.1) is 5.92 Å². The molecule has 2 heterocycles. The Hall–Kier alpha value is -0.0800. The number of piperidine rings is 1. The van der Waals surface area contributed by atoms with Gasteiger partial charge >= 0.3 is 0 Å². The van der Waals surface area contributed by atoms with Crippen molar-refractivity contribution >= 4 is 0 Å². The molecule has 0 aromatic rings. The van der Waals surface area contributed by atoms with Crippen molar-refractivity contribution in [2.45, 2.75) is 102 Å². The van der Waals surface area contributed by atoms with Gasteiger partial charge in [0.25, 0.3) is 0 Å². The Morgan fingerprint density at radius 3 is 2.10 bits per heavy atom. The summed E-state index contributed by atoms with van der Waals surface area (Å²) in [6.07, 6.45) is 15.7. The first-order chi connectivity index (χ1) is 9.72. The van der Waals surface area contributed by atoms with E-state index in [4.69, 9.17) is 0 Å². The SMILES string of the molecule is CCCCCCCCCC(O)C1CC2CCC(C1)N2C. The number of nitrogens with zero attached hydrogens (tertiary/aromatic N) is 1. The maximum Gasteiger partial charge on any atom is 0.0569 e. The molecular formula is C18H35NO. The van der Waals surface area contributed by atoms with E-state index in [1.54, 1.807) is 0 Å². The molecule has 0 spiro atoms. The number of aliphatic hydroxyl groups excluding tert-OH is 1. The summed E-state index contributed by atoms with van der Waals surface area (Å²) in [5, 5.41) is 10.4. The lowest BCUT2D eigenvalue weighted by Crippen LogP contribution is -2.43. The van der Waals surface area contributed by atoms with E-state index in [1.165, 1.54) is 70.6 Å². The van der Waals surface area contributed by atoms with Gasteiger partial charge < -0.3 is 10.0 Å². The molecule has 0 saturated carbocycles. The third-order valence-electron chi connectivity index (χ3n) is 5.78. The Balaban J connectivity index is 1.55. The van der Waals surface area contributed by atoms with E-state index >= 15 is 0 Å². The minimum absolute atomic E-state index is 0.0255. The minimum atomic E-state index is -0.0255. The molecule has 2 rings (SSSR count). The fourth-order valence-corrected chi connectivity index (χ4v) is 4.31. The summed E-state index contributed by atoms with van der Waals surface area (Å²) in [6, 6.07) is 1.53. The van der Waals surface area contributed by atoms with Crippen molar-refractivity contribution in [1.29, 1.82) is 0 Å². The zero-order valence-electron chi connectivity index (χ0n) is 13.7. The molecule has 2 saturated heterocycles. The van der Waals surface area contributed by atoms with Gasteiger partial charge in [-0.05, 0) is 45.1 Å². The highest BCUT2D eigenvalue weighted by Crippen LogP contribution is 2.39. The molecule has 2 fully saturated rings. The van der Waals surface area contributed by atoms with Crippen molar-refractivity contribution in [3.8, 4) is 0 Å². The topological polar surface area (TPSA) is 23.5 Å². The van der Waals surface area contributed by atoms with E-state index in [0.29, 0.717) is 5.92 Å². The fraction of sp³-hybridized carbons (Fsp3) is 1.00. The third kappa shape index (κ3) is 4.46. The summed E-state index contributed by atoms with van der Waals surface area (Å²) >= 11 is 0. The van der Waals surface area contributed by atoms with Gasteiger partial charge in [-0.3, -0.25) is 0 Å². The Morgan fingerprint density at radius 2 is 1.50 bits per heavy atom. The van der Waals surface area contributed by atoms with E-state index in [2.05, 4.69) is 18.9 Å². The molecular weight excluding hydrogens is 246 g/mol. The standard InChI is InChI=1S/C18H35NO/c1-3-4-5-6-7-8-9-10-18(20)15-13-16-11-12-17(14-15)19(16)2/h15-18,20H,3-14H2,1-2H3. The molecule has 2 nitrogen and oxygen atoms in total. The Morgan fingerprint density at radius 1 is 0.950 bits per heavy atom. The molecule has 20 heavy (non-hydrogen) atoms. The van der Waals surface area contributed by atoms with E-state index in [9.17, 15) is 5.11 Å². The van der Waals surface area contributed by atoms with Crippen LogP contribution in [0.4, 0.5) is 0 Å². The van der Waals surface area contributed by atoms with Crippen molar-refractivity contribution in [3.63, 3.8) is 0 Å². The van der Waals surface area contributed by atoms with Crippen LogP contribution < -0.4 is 0 Å². The van der Waals surface area contributed by atoms with Crippen LogP contribution >= 0.6 is 0 Å². The van der Waals surface area contributed by atoms with Gasteiger partial charge in [0.2, 0.25) is 0 Å². The van der Waals surface area contributed by atoms with E-state index in [-0.39, 0.29) is 6.10 Å². The van der Waals surface area contributed by atoms with Crippen LogP contribution in [0.25, 0.3) is 0 Å². The fourth-order valence-electron chi connectivity index (χ4n) is 4.31. The number of hydrogen-bond donors (Lipinski definition) is 1. The van der Waals surface area contributed by atoms with Crippen molar-refractivity contribution in [1.82, 2.24) is 4.90 Å². The normalized spacial score (nSPS) is 31.6. The molecule has 2 bridgehead atoms. The van der Waals surface area contributed by atoms with E-state index in [0.717, 1.165) is 18.5 Å². The van der Waals surface area contributed by atoms with Crippen LogP contribution in [-0.2, 0) is 0 Å². The van der Waals surface area contributed by atoms with Crippen molar-refractivity contribution < 1.29 is 5.11 Å². The molecule has 118 valence electrons. The summed E-state index contributed by atoms with van der Waals surface area (Å²) < 4.78 is 0. The van der Waals surface area contributed by atoms with Crippen LogP contribution in [0.3, 0.4) is 0 Å². The zero-order chi connectivity index (χ0) is 14.4. The highest BCUT2D eigenvalue weighted by Gasteiger charge is 2.40. The molecule has 2 aliphatic heterocycles. The lowest BCUT2D eigenvalue weighted by atomic mass is 9.84. The quantitative estimate of drug-likeness (QED) is 0.635. The van der Waals surface area contributed by atoms with Gasteiger partial charge in [-0.2, -0.15) is 0 Å². The molecule has 3 atom stereocenters. The maximum atomic E-state index is 10.4. The monoisotopic (exact) mass is 281 g/mol. The lowest BCUT2D eigenvalue weighted by molar-refractivity contribution is 0.0304. The molecule has 3 unspecified atom stereocenters. The molecule has 0 aromatic carbocycles. The van der Waals surface area contributed by atoms with E-state index < -0.39 is 0 Å². The molecule has 0 radical (unpaired) electrons. The number of unbranched alkanes of at least 4 members (excludes halogenated alkanes) is 6. The van der Waals surface area contributed by atoms with Gasteiger partial charge in [-0.1, -0.05) is 51.9 Å². The average molecular weight is 281 g/mol. The summed E-state index contributed by atoms with van der Waals surface area (Å²) in [7, 11) is 2.28. The van der Waals surface area contributed by atoms with Crippen LogP contribution in [0.5, 0.6) is 0 Å². The Labute approximate surface area is 125 Å². The minimum Gasteiger partial charge on any atom is -0.393 e. The first-order valence-corrected chi connectivity index (χ1v) is 9.12. The van der Waals surface area contributed by atoms with Crippen LogP contribution in [-0.4, -0.2) is 35.2 Å². The predicted molar refractivity (Wildman–Crippen MR) is 85.9 cm³/mol. The number of hydrogen-bond acceptors (Lipinski definition) is 2. The number of aliphatic hydroxyl groups is 1. The van der Waals surface area contributed by atoms with Gasteiger partial charge in [0, 0.05) is 12.1 Å². The second kappa shape index (κ2) is 8.38. The molecule has 2 aliphatic rings. The molecule has 0 aromatic heterocycles. The summed E-state index contributed by atoms with van der Waals surface area (Å²) in [4.78, 5) is 2.57.